The Balaban J connectivity index is 1.46. The van der Waals surface area contributed by atoms with Gasteiger partial charge in [0.2, 0.25) is 5.89 Å². The molecule has 33 heavy (non-hydrogen) atoms. The van der Waals surface area contributed by atoms with Crippen molar-refractivity contribution >= 4 is 29.0 Å². The van der Waals surface area contributed by atoms with E-state index in [9.17, 15) is 19.7 Å². The first-order chi connectivity index (χ1) is 15.9. The molecule has 4 rings (SSSR count). The Labute approximate surface area is 191 Å². The second-order valence-corrected chi connectivity index (χ2v) is 7.20. The summed E-state index contributed by atoms with van der Waals surface area (Å²) in [5, 5.41) is 18.9. The van der Waals surface area contributed by atoms with Crippen molar-refractivity contribution in [3.8, 4) is 11.5 Å². The van der Waals surface area contributed by atoms with Crippen LogP contribution in [0.2, 0.25) is 5.02 Å². The summed E-state index contributed by atoms with van der Waals surface area (Å²) in [7, 11) is 0. The Morgan fingerprint density at radius 3 is 2.27 bits per heavy atom. The number of ketones is 1. The van der Waals surface area contributed by atoms with Gasteiger partial charge in [-0.2, -0.15) is 0 Å². The number of non-ortho nitro benzene ring substituents is 1. The van der Waals surface area contributed by atoms with E-state index < -0.39 is 10.9 Å². The molecule has 0 N–H and O–H groups in total. The van der Waals surface area contributed by atoms with Gasteiger partial charge in [-0.25, -0.2) is 4.79 Å². The molecule has 1 heterocycles. The van der Waals surface area contributed by atoms with Crippen LogP contribution in [0.4, 0.5) is 5.69 Å². The summed E-state index contributed by atoms with van der Waals surface area (Å²) < 4.78 is 10.7. The molecule has 3 aromatic carbocycles. The van der Waals surface area contributed by atoms with Crippen molar-refractivity contribution in [1.82, 2.24) is 10.2 Å². The van der Waals surface area contributed by atoms with Gasteiger partial charge in [0, 0.05) is 33.8 Å². The minimum absolute atomic E-state index is 0.0261. The minimum atomic E-state index is -0.733. The van der Waals surface area contributed by atoms with E-state index in [1.807, 2.05) is 0 Å². The number of esters is 1. The average Bonchev–Trinajstić information content (AvgIpc) is 3.32. The van der Waals surface area contributed by atoms with Crippen LogP contribution in [0, 0.1) is 10.1 Å². The molecule has 4 aromatic rings. The van der Waals surface area contributed by atoms with Crippen LogP contribution in [0.5, 0.6) is 0 Å². The van der Waals surface area contributed by atoms with Gasteiger partial charge in [-0.3, -0.25) is 14.9 Å². The van der Waals surface area contributed by atoms with E-state index in [0.717, 1.165) is 0 Å². The summed E-state index contributed by atoms with van der Waals surface area (Å²) in [6, 6.07) is 18.2. The Kier molecular flexibility index (Phi) is 6.23. The van der Waals surface area contributed by atoms with E-state index in [1.165, 1.54) is 36.4 Å². The zero-order valence-electron chi connectivity index (χ0n) is 16.8. The van der Waals surface area contributed by atoms with E-state index in [1.54, 1.807) is 36.4 Å². The Morgan fingerprint density at radius 1 is 0.939 bits per heavy atom. The lowest BCUT2D eigenvalue weighted by atomic mass is 9.98. The highest BCUT2D eigenvalue weighted by molar-refractivity contribution is 6.30. The third kappa shape index (κ3) is 4.94. The van der Waals surface area contributed by atoms with Gasteiger partial charge >= 0.3 is 5.97 Å². The van der Waals surface area contributed by atoms with E-state index in [-0.39, 0.29) is 41.0 Å². The lowest BCUT2D eigenvalue weighted by Gasteiger charge is -2.08. The number of carbonyl (C=O) groups excluding carboxylic acids is 2. The maximum atomic E-state index is 12.8. The lowest BCUT2D eigenvalue weighted by Crippen LogP contribution is -2.12. The molecule has 0 fully saturated rings. The first kappa shape index (κ1) is 21.8. The summed E-state index contributed by atoms with van der Waals surface area (Å²) in [6.07, 6.45) is 0. The van der Waals surface area contributed by atoms with Gasteiger partial charge in [0.05, 0.1) is 10.5 Å². The standard InChI is InChI=1S/C23H14ClN3O6/c24-16-9-5-14(6-10-16)21(28)18-3-1-2-4-19(18)23(29)32-13-20-25-26-22(33-20)15-7-11-17(12-8-15)27(30)31/h1-12H,13H2. The molecular formula is C23H14ClN3O6. The lowest BCUT2D eigenvalue weighted by molar-refractivity contribution is -0.384. The maximum absolute atomic E-state index is 12.8. The second-order valence-electron chi connectivity index (χ2n) is 6.76. The molecule has 0 bridgehead atoms. The van der Waals surface area contributed by atoms with Gasteiger partial charge in [0.25, 0.3) is 11.6 Å². The predicted octanol–water partition coefficient (Wildman–Crippen LogP) is 4.89. The third-order valence-electron chi connectivity index (χ3n) is 4.62. The number of halogens is 1. The molecule has 0 spiro atoms. The maximum Gasteiger partial charge on any atom is 0.339 e. The Morgan fingerprint density at radius 2 is 1.61 bits per heavy atom. The molecule has 0 amide bonds. The van der Waals surface area contributed by atoms with Gasteiger partial charge in [-0.05, 0) is 42.5 Å². The number of nitro groups is 1. The first-order valence-corrected chi connectivity index (χ1v) is 9.94. The van der Waals surface area contributed by atoms with Crippen LogP contribution in [-0.4, -0.2) is 26.9 Å². The van der Waals surface area contributed by atoms with E-state index in [4.69, 9.17) is 20.8 Å². The molecule has 0 radical (unpaired) electrons. The molecule has 0 unspecified atom stereocenters. The Bertz CT molecular complexity index is 1330. The fourth-order valence-electron chi connectivity index (χ4n) is 2.98. The molecule has 0 atom stereocenters. The van der Waals surface area contributed by atoms with Crippen molar-refractivity contribution in [1.29, 1.82) is 0 Å². The van der Waals surface area contributed by atoms with Crippen LogP contribution in [0.25, 0.3) is 11.5 Å². The highest BCUT2D eigenvalue weighted by Gasteiger charge is 2.20. The number of nitro benzene ring substituents is 1. The van der Waals surface area contributed by atoms with Crippen LogP contribution in [0.15, 0.2) is 77.2 Å². The highest BCUT2D eigenvalue weighted by Crippen LogP contribution is 2.22. The third-order valence-corrected chi connectivity index (χ3v) is 4.87. The second kappa shape index (κ2) is 9.41. The number of rotatable bonds is 7. The van der Waals surface area contributed by atoms with Crippen molar-refractivity contribution in [3.63, 3.8) is 0 Å². The van der Waals surface area contributed by atoms with Crippen LogP contribution in [-0.2, 0) is 11.3 Å². The topological polar surface area (TPSA) is 125 Å². The predicted molar refractivity (Wildman–Crippen MR) is 117 cm³/mol. The van der Waals surface area contributed by atoms with Crippen LogP contribution in [0.1, 0.15) is 32.2 Å². The molecular weight excluding hydrogens is 450 g/mol. The Hall–Kier alpha value is -4.37. The SMILES string of the molecule is O=C(OCc1nnc(-c2ccc([N+](=O)[O-])cc2)o1)c1ccccc1C(=O)c1ccc(Cl)cc1. The fourth-order valence-corrected chi connectivity index (χ4v) is 3.10. The summed E-state index contributed by atoms with van der Waals surface area (Å²) in [4.78, 5) is 35.7. The van der Waals surface area contributed by atoms with Crippen LogP contribution < -0.4 is 0 Å². The van der Waals surface area contributed by atoms with E-state index in [2.05, 4.69) is 10.2 Å². The molecule has 10 heteroatoms. The van der Waals surface area contributed by atoms with Crippen molar-refractivity contribution in [2.75, 3.05) is 0 Å². The number of ether oxygens (including phenoxy) is 1. The van der Waals surface area contributed by atoms with E-state index >= 15 is 0 Å². The van der Waals surface area contributed by atoms with Crippen LogP contribution >= 0.6 is 11.6 Å². The van der Waals surface area contributed by atoms with Crippen molar-refractivity contribution in [2.24, 2.45) is 0 Å². The smallest absolute Gasteiger partial charge is 0.339 e. The normalized spacial score (nSPS) is 10.6. The zero-order chi connectivity index (χ0) is 23.4. The van der Waals surface area contributed by atoms with Gasteiger partial charge in [-0.15, -0.1) is 10.2 Å². The number of hydrogen-bond acceptors (Lipinski definition) is 8. The number of aromatic nitrogens is 2. The monoisotopic (exact) mass is 463 g/mol. The summed E-state index contributed by atoms with van der Waals surface area (Å²) in [5.74, 6) is -0.937. The fraction of sp³-hybridized carbons (Fsp3) is 0.0435. The van der Waals surface area contributed by atoms with Gasteiger partial charge < -0.3 is 9.15 Å². The van der Waals surface area contributed by atoms with Crippen molar-refractivity contribution in [3.05, 3.63) is 111 Å². The molecule has 9 nitrogen and oxygen atoms in total. The number of benzene rings is 3. The van der Waals surface area contributed by atoms with Gasteiger partial charge in [0.1, 0.15) is 0 Å². The molecule has 0 saturated carbocycles. The molecule has 0 aliphatic carbocycles. The largest absolute Gasteiger partial charge is 0.452 e. The average molecular weight is 464 g/mol. The van der Waals surface area contributed by atoms with Crippen molar-refractivity contribution < 1.29 is 23.7 Å². The number of nitrogens with zero attached hydrogens (tertiary/aromatic N) is 3. The zero-order valence-corrected chi connectivity index (χ0v) is 17.6. The number of hydrogen-bond donors (Lipinski definition) is 0. The van der Waals surface area contributed by atoms with Gasteiger partial charge in [-0.1, -0.05) is 29.8 Å². The molecule has 0 aliphatic heterocycles. The molecule has 164 valence electrons. The molecule has 0 saturated heterocycles. The van der Waals surface area contributed by atoms with Crippen molar-refractivity contribution in [2.45, 2.75) is 6.61 Å². The number of carbonyl (C=O) groups is 2. The highest BCUT2D eigenvalue weighted by atomic mass is 35.5. The molecule has 0 aliphatic rings. The molecule has 1 aromatic heterocycles. The first-order valence-electron chi connectivity index (χ1n) is 9.56. The van der Waals surface area contributed by atoms with E-state index in [0.29, 0.717) is 16.1 Å². The summed E-state index contributed by atoms with van der Waals surface area (Å²) >= 11 is 5.87. The summed E-state index contributed by atoms with van der Waals surface area (Å²) in [5.41, 5.74) is 1.06. The van der Waals surface area contributed by atoms with Crippen LogP contribution in [0.3, 0.4) is 0 Å². The summed E-state index contributed by atoms with van der Waals surface area (Å²) in [6.45, 7) is -0.317. The van der Waals surface area contributed by atoms with Gasteiger partial charge in [0.15, 0.2) is 12.4 Å². The minimum Gasteiger partial charge on any atom is -0.452 e. The quantitative estimate of drug-likeness (QED) is 0.164.